The fraction of sp³-hybridized carbons (Fsp3) is 0.208. The number of methoxy groups -OCH3 is 1. The van der Waals surface area contributed by atoms with E-state index in [1.807, 2.05) is 67.8 Å². The molecule has 0 spiro atoms. The number of aryl methyl sites for hydroxylation is 2. The molecular formula is C24H23N3O3S2. The van der Waals surface area contributed by atoms with Gasteiger partial charge < -0.3 is 10.1 Å². The summed E-state index contributed by atoms with van der Waals surface area (Å²) in [6.07, 6.45) is 0. The maximum Gasteiger partial charge on any atom is 0.272 e. The van der Waals surface area contributed by atoms with Crippen LogP contribution >= 0.6 is 23.1 Å². The normalized spacial score (nSPS) is 11.0. The van der Waals surface area contributed by atoms with Crippen molar-refractivity contribution in [1.29, 1.82) is 0 Å². The summed E-state index contributed by atoms with van der Waals surface area (Å²) in [5.74, 6) is 0.733. The van der Waals surface area contributed by atoms with E-state index in [1.54, 1.807) is 11.7 Å². The quantitative estimate of drug-likeness (QED) is 0.312. The van der Waals surface area contributed by atoms with E-state index in [9.17, 15) is 9.59 Å². The highest BCUT2D eigenvalue weighted by molar-refractivity contribution is 7.99. The Hall–Kier alpha value is -3.10. The SMILES string of the molecule is COc1cccc(Cn2c(SCC(=O)Nc3c(C)cccc3C)nc3ccsc3c2=O)c1. The maximum atomic E-state index is 13.2. The van der Waals surface area contributed by atoms with Crippen LogP contribution in [-0.4, -0.2) is 28.3 Å². The number of hydrogen-bond donors (Lipinski definition) is 1. The van der Waals surface area contributed by atoms with E-state index in [4.69, 9.17) is 4.74 Å². The topological polar surface area (TPSA) is 73.2 Å². The Bertz CT molecular complexity index is 1320. The number of nitrogens with zero attached hydrogens (tertiary/aromatic N) is 2. The third-order valence-electron chi connectivity index (χ3n) is 5.08. The number of nitrogens with one attached hydrogen (secondary N) is 1. The second-order valence-electron chi connectivity index (χ2n) is 7.38. The Labute approximate surface area is 194 Å². The molecule has 0 fully saturated rings. The van der Waals surface area contributed by atoms with Crippen molar-refractivity contribution in [2.75, 3.05) is 18.2 Å². The molecule has 2 heterocycles. The van der Waals surface area contributed by atoms with Crippen molar-refractivity contribution in [2.45, 2.75) is 25.5 Å². The predicted octanol–water partition coefficient (Wildman–Crippen LogP) is 4.86. The standard InChI is InChI=1S/C24H23N3O3S2/c1-15-6-4-7-16(2)21(15)26-20(28)14-32-24-25-19-10-11-31-22(19)23(29)27(24)13-17-8-5-9-18(12-17)30-3/h4-12H,13-14H2,1-3H3,(H,26,28). The first-order chi connectivity index (χ1) is 15.5. The molecule has 6 nitrogen and oxygen atoms in total. The third kappa shape index (κ3) is 4.71. The van der Waals surface area contributed by atoms with E-state index in [-0.39, 0.29) is 17.2 Å². The van der Waals surface area contributed by atoms with Crippen molar-refractivity contribution >= 4 is 44.9 Å². The molecular weight excluding hydrogens is 442 g/mol. The number of anilines is 1. The lowest BCUT2D eigenvalue weighted by Gasteiger charge is -2.14. The average molecular weight is 466 g/mol. The van der Waals surface area contributed by atoms with Crippen molar-refractivity contribution in [3.05, 3.63) is 81.0 Å². The van der Waals surface area contributed by atoms with Crippen LogP contribution in [-0.2, 0) is 11.3 Å². The van der Waals surface area contributed by atoms with Gasteiger partial charge in [-0.1, -0.05) is 42.1 Å². The zero-order valence-corrected chi connectivity index (χ0v) is 19.7. The number of benzene rings is 2. The molecule has 2 aromatic heterocycles. The molecule has 0 aliphatic rings. The van der Waals surface area contributed by atoms with E-state index in [0.717, 1.165) is 28.1 Å². The molecule has 0 aliphatic carbocycles. The monoisotopic (exact) mass is 465 g/mol. The van der Waals surface area contributed by atoms with Gasteiger partial charge in [-0.3, -0.25) is 14.2 Å². The number of carbonyl (C=O) groups excluding carboxylic acids is 1. The number of hydrogen-bond acceptors (Lipinski definition) is 6. The lowest BCUT2D eigenvalue weighted by molar-refractivity contribution is -0.113. The first-order valence-electron chi connectivity index (χ1n) is 10.1. The Balaban J connectivity index is 1.60. The van der Waals surface area contributed by atoms with Crippen molar-refractivity contribution in [1.82, 2.24) is 9.55 Å². The largest absolute Gasteiger partial charge is 0.497 e. The molecule has 0 aliphatic heterocycles. The van der Waals surface area contributed by atoms with Crippen molar-refractivity contribution in [2.24, 2.45) is 0 Å². The van der Waals surface area contributed by atoms with Crippen LogP contribution in [0.3, 0.4) is 0 Å². The van der Waals surface area contributed by atoms with Crippen molar-refractivity contribution in [3.63, 3.8) is 0 Å². The number of aromatic nitrogens is 2. The summed E-state index contributed by atoms with van der Waals surface area (Å²) in [6.45, 7) is 4.28. The van der Waals surface area contributed by atoms with Gasteiger partial charge in [-0.2, -0.15) is 0 Å². The summed E-state index contributed by atoms with van der Waals surface area (Å²) in [5, 5.41) is 5.36. The summed E-state index contributed by atoms with van der Waals surface area (Å²) >= 11 is 2.64. The van der Waals surface area contributed by atoms with Crippen LogP contribution in [0.4, 0.5) is 5.69 Å². The number of rotatable bonds is 7. The first-order valence-corrected chi connectivity index (χ1v) is 11.9. The smallest absolute Gasteiger partial charge is 0.272 e. The molecule has 32 heavy (non-hydrogen) atoms. The molecule has 1 N–H and O–H groups in total. The molecule has 4 aromatic rings. The highest BCUT2D eigenvalue weighted by Gasteiger charge is 2.16. The fourth-order valence-electron chi connectivity index (χ4n) is 3.44. The molecule has 2 aromatic carbocycles. The zero-order valence-electron chi connectivity index (χ0n) is 18.0. The first kappa shape index (κ1) is 22.1. The summed E-state index contributed by atoms with van der Waals surface area (Å²) in [7, 11) is 1.61. The number of fused-ring (bicyclic) bond motifs is 1. The molecule has 0 radical (unpaired) electrons. The molecule has 4 rings (SSSR count). The van der Waals surface area contributed by atoms with Gasteiger partial charge in [0.25, 0.3) is 5.56 Å². The van der Waals surface area contributed by atoms with Crippen LogP contribution < -0.4 is 15.6 Å². The minimum absolute atomic E-state index is 0.106. The lowest BCUT2D eigenvalue weighted by atomic mass is 10.1. The Morgan fingerprint density at radius 1 is 1.16 bits per heavy atom. The van der Waals surface area contributed by atoms with Gasteiger partial charge in [0, 0.05) is 5.69 Å². The van der Waals surface area contributed by atoms with Crippen molar-refractivity contribution in [3.8, 4) is 5.75 Å². The number of thiophene rings is 1. The van der Waals surface area contributed by atoms with Crippen LogP contribution in [0.2, 0.25) is 0 Å². The summed E-state index contributed by atoms with van der Waals surface area (Å²) in [5.41, 5.74) is 4.32. The molecule has 8 heteroatoms. The summed E-state index contributed by atoms with van der Waals surface area (Å²) in [6, 6.07) is 15.3. The second kappa shape index (κ2) is 9.58. The van der Waals surface area contributed by atoms with Gasteiger partial charge in [0.05, 0.1) is 24.9 Å². The van der Waals surface area contributed by atoms with E-state index in [2.05, 4.69) is 10.3 Å². The van der Waals surface area contributed by atoms with Gasteiger partial charge in [-0.25, -0.2) is 4.98 Å². The molecule has 0 atom stereocenters. The third-order valence-corrected chi connectivity index (χ3v) is 6.95. The van der Waals surface area contributed by atoms with Gasteiger partial charge in [0.2, 0.25) is 5.91 Å². The number of para-hydroxylation sites is 1. The number of carbonyl (C=O) groups is 1. The second-order valence-corrected chi connectivity index (χ2v) is 9.23. The highest BCUT2D eigenvalue weighted by atomic mass is 32.2. The Morgan fingerprint density at radius 2 is 1.91 bits per heavy atom. The zero-order chi connectivity index (χ0) is 22.7. The highest BCUT2D eigenvalue weighted by Crippen LogP contribution is 2.24. The Kier molecular flexibility index (Phi) is 6.62. The van der Waals surface area contributed by atoms with Crippen LogP contribution in [0.25, 0.3) is 10.2 Å². The van der Waals surface area contributed by atoms with Gasteiger partial charge in [-0.05, 0) is 54.1 Å². The minimum atomic E-state index is -0.139. The van der Waals surface area contributed by atoms with E-state index < -0.39 is 0 Å². The molecule has 0 bridgehead atoms. The summed E-state index contributed by atoms with van der Waals surface area (Å²) < 4.78 is 7.54. The fourth-order valence-corrected chi connectivity index (χ4v) is 5.02. The average Bonchev–Trinajstić information content (AvgIpc) is 3.26. The lowest BCUT2D eigenvalue weighted by Crippen LogP contribution is -2.24. The van der Waals surface area contributed by atoms with Gasteiger partial charge >= 0.3 is 0 Å². The number of amides is 1. The number of ether oxygens (including phenoxy) is 1. The van der Waals surface area contributed by atoms with Gasteiger partial charge in [0.15, 0.2) is 5.16 Å². The molecule has 0 unspecified atom stereocenters. The minimum Gasteiger partial charge on any atom is -0.497 e. The van der Waals surface area contributed by atoms with Gasteiger partial charge in [-0.15, -0.1) is 11.3 Å². The molecule has 1 amide bonds. The van der Waals surface area contributed by atoms with Crippen LogP contribution in [0, 0.1) is 13.8 Å². The maximum absolute atomic E-state index is 13.2. The van der Waals surface area contributed by atoms with Crippen LogP contribution in [0.5, 0.6) is 5.75 Å². The number of thioether (sulfide) groups is 1. The van der Waals surface area contributed by atoms with Crippen molar-refractivity contribution < 1.29 is 9.53 Å². The molecule has 164 valence electrons. The summed E-state index contributed by atoms with van der Waals surface area (Å²) in [4.78, 5) is 30.5. The van der Waals surface area contributed by atoms with E-state index >= 15 is 0 Å². The molecule has 0 saturated heterocycles. The predicted molar refractivity (Wildman–Crippen MR) is 131 cm³/mol. The van der Waals surface area contributed by atoms with E-state index in [0.29, 0.717) is 21.9 Å². The van der Waals surface area contributed by atoms with E-state index in [1.165, 1.54) is 23.1 Å². The molecule has 0 saturated carbocycles. The van der Waals surface area contributed by atoms with Gasteiger partial charge in [0.1, 0.15) is 10.4 Å². The Morgan fingerprint density at radius 3 is 2.66 bits per heavy atom. The van der Waals surface area contributed by atoms with Crippen LogP contribution in [0.15, 0.2) is 63.9 Å². The van der Waals surface area contributed by atoms with Crippen LogP contribution in [0.1, 0.15) is 16.7 Å².